The first-order valence-corrected chi connectivity index (χ1v) is 10.8. The van der Waals surface area contributed by atoms with Gasteiger partial charge in [0.05, 0.1) is 0 Å². The lowest BCUT2D eigenvalue weighted by molar-refractivity contribution is -0.189. The number of benzene rings is 3. The number of ether oxygens (including phenoxy) is 1. The minimum absolute atomic E-state index is 0.0879. The molecule has 1 nitrogen and oxygen atoms in total. The summed E-state index contributed by atoms with van der Waals surface area (Å²) < 4.78 is 90.4. The van der Waals surface area contributed by atoms with Crippen molar-refractivity contribution in [2.45, 2.75) is 44.6 Å². The molecule has 7 heteroatoms. The van der Waals surface area contributed by atoms with Gasteiger partial charge in [-0.2, -0.15) is 8.78 Å². The van der Waals surface area contributed by atoms with E-state index in [0.717, 1.165) is 55.5 Å². The molecule has 0 aliphatic heterocycles. The fourth-order valence-corrected chi connectivity index (χ4v) is 4.32. The fourth-order valence-electron chi connectivity index (χ4n) is 4.32. The van der Waals surface area contributed by atoms with Crippen LogP contribution in [0.4, 0.5) is 26.3 Å². The van der Waals surface area contributed by atoms with E-state index in [1.807, 2.05) is 0 Å². The van der Waals surface area contributed by atoms with Crippen LogP contribution in [0.25, 0.3) is 11.1 Å². The quantitative estimate of drug-likeness (QED) is 0.345. The van der Waals surface area contributed by atoms with E-state index in [-0.39, 0.29) is 17.0 Å². The van der Waals surface area contributed by atoms with Crippen LogP contribution in [0.3, 0.4) is 0 Å². The Morgan fingerprint density at radius 3 is 1.94 bits per heavy atom. The zero-order chi connectivity index (χ0) is 23.8. The summed E-state index contributed by atoms with van der Waals surface area (Å²) in [6, 6.07) is 9.38. The third-order valence-corrected chi connectivity index (χ3v) is 6.18. The molecule has 3 aromatic carbocycles. The van der Waals surface area contributed by atoms with Crippen LogP contribution in [0.1, 0.15) is 49.7 Å². The minimum atomic E-state index is -4.37. The molecular formula is C26H22F6O. The van der Waals surface area contributed by atoms with Crippen LogP contribution in [0, 0.1) is 29.2 Å². The van der Waals surface area contributed by atoms with Gasteiger partial charge in [-0.25, -0.2) is 17.6 Å². The van der Waals surface area contributed by atoms with E-state index in [1.54, 1.807) is 6.07 Å². The molecule has 33 heavy (non-hydrogen) atoms. The lowest BCUT2D eigenvalue weighted by Gasteiger charge is -2.26. The fraction of sp³-hybridized carbons (Fsp3) is 0.308. The summed E-state index contributed by atoms with van der Waals surface area (Å²) in [7, 11) is 0. The second-order valence-corrected chi connectivity index (χ2v) is 8.58. The van der Waals surface area contributed by atoms with Crippen molar-refractivity contribution in [3.05, 3.63) is 89.0 Å². The molecule has 174 valence electrons. The van der Waals surface area contributed by atoms with Gasteiger partial charge in [-0.3, -0.25) is 0 Å². The highest BCUT2D eigenvalue weighted by atomic mass is 19.3. The summed E-state index contributed by atoms with van der Waals surface area (Å²) >= 11 is 0. The number of hydrogen-bond donors (Lipinski definition) is 0. The second kappa shape index (κ2) is 9.12. The highest BCUT2D eigenvalue weighted by Gasteiger charge is 2.41. The third-order valence-electron chi connectivity index (χ3n) is 6.18. The largest absolute Gasteiger partial charge is 0.432 e. The third kappa shape index (κ3) is 5.02. The average molecular weight is 464 g/mol. The van der Waals surface area contributed by atoms with Crippen LogP contribution in [-0.4, -0.2) is 0 Å². The molecule has 0 atom stereocenters. The minimum Gasteiger partial charge on any atom is -0.429 e. The van der Waals surface area contributed by atoms with Crippen molar-refractivity contribution in [3.8, 4) is 16.9 Å². The van der Waals surface area contributed by atoms with E-state index in [9.17, 15) is 26.3 Å². The Bertz CT molecular complexity index is 1110. The summed E-state index contributed by atoms with van der Waals surface area (Å²) in [6.07, 6.45) is -0.368. The van der Waals surface area contributed by atoms with Gasteiger partial charge in [0.15, 0.2) is 0 Å². The van der Waals surface area contributed by atoms with Crippen molar-refractivity contribution >= 4 is 0 Å². The van der Waals surface area contributed by atoms with Gasteiger partial charge in [-0.1, -0.05) is 31.9 Å². The molecule has 4 rings (SSSR count). The van der Waals surface area contributed by atoms with Crippen LogP contribution in [0.5, 0.6) is 5.75 Å². The van der Waals surface area contributed by atoms with E-state index in [4.69, 9.17) is 0 Å². The van der Waals surface area contributed by atoms with Crippen molar-refractivity contribution in [1.29, 1.82) is 0 Å². The molecule has 0 heterocycles. The van der Waals surface area contributed by atoms with Crippen molar-refractivity contribution in [2.75, 3.05) is 0 Å². The van der Waals surface area contributed by atoms with Gasteiger partial charge in [0.1, 0.15) is 34.6 Å². The average Bonchev–Trinajstić information content (AvgIpc) is 2.75. The molecule has 1 fully saturated rings. The van der Waals surface area contributed by atoms with Gasteiger partial charge in [0, 0.05) is 5.56 Å². The maximum Gasteiger partial charge on any atom is 0.432 e. The van der Waals surface area contributed by atoms with E-state index >= 15 is 0 Å². The van der Waals surface area contributed by atoms with Crippen LogP contribution in [-0.2, 0) is 6.11 Å². The number of halogens is 6. The lowest BCUT2D eigenvalue weighted by atomic mass is 9.79. The maximum absolute atomic E-state index is 14.8. The molecule has 0 saturated heterocycles. The SMILES string of the molecule is CC1CCC(c2ccc(-c3cc(F)c(C(F)(F)Oc4ccc(F)cc4)c(F)c3)c(F)c2)CC1. The molecule has 1 aliphatic rings. The van der Waals surface area contributed by atoms with E-state index < -0.39 is 40.7 Å². The zero-order valence-corrected chi connectivity index (χ0v) is 17.9. The number of hydrogen-bond acceptors (Lipinski definition) is 1. The molecule has 0 spiro atoms. The van der Waals surface area contributed by atoms with Gasteiger partial charge in [-0.15, -0.1) is 0 Å². The lowest BCUT2D eigenvalue weighted by Crippen LogP contribution is -2.25. The Balaban J connectivity index is 1.61. The number of rotatable bonds is 5. The van der Waals surface area contributed by atoms with Crippen molar-refractivity contribution < 1.29 is 31.1 Å². The Kier molecular flexibility index (Phi) is 6.41. The molecule has 0 unspecified atom stereocenters. The van der Waals surface area contributed by atoms with Crippen LogP contribution in [0.2, 0.25) is 0 Å². The zero-order valence-electron chi connectivity index (χ0n) is 17.9. The molecule has 1 aliphatic carbocycles. The first-order valence-electron chi connectivity index (χ1n) is 10.8. The highest BCUT2D eigenvalue weighted by molar-refractivity contribution is 5.65. The first kappa shape index (κ1) is 23.2. The van der Waals surface area contributed by atoms with E-state index in [2.05, 4.69) is 11.7 Å². The Hall–Kier alpha value is -2.96. The molecule has 3 aromatic rings. The smallest absolute Gasteiger partial charge is 0.429 e. The normalized spacial score (nSPS) is 18.9. The summed E-state index contributed by atoms with van der Waals surface area (Å²) in [5, 5.41) is 0. The van der Waals surface area contributed by atoms with E-state index in [1.165, 1.54) is 12.1 Å². The first-order chi connectivity index (χ1) is 15.6. The maximum atomic E-state index is 14.8. The standard InChI is InChI=1S/C26H22F6O/c1-15-2-4-16(5-3-15)17-6-11-21(22(28)12-17)18-13-23(29)25(24(30)14-18)26(31,32)33-20-9-7-19(27)8-10-20/h6-16H,2-5H2,1H3. The summed E-state index contributed by atoms with van der Waals surface area (Å²) in [6.45, 7) is 2.18. The van der Waals surface area contributed by atoms with Crippen molar-refractivity contribution in [3.63, 3.8) is 0 Å². The van der Waals surface area contributed by atoms with Gasteiger partial charge in [-0.05, 0) is 78.3 Å². The van der Waals surface area contributed by atoms with Gasteiger partial charge in [0.2, 0.25) is 0 Å². The monoisotopic (exact) mass is 464 g/mol. The van der Waals surface area contributed by atoms with Crippen LogP contribution >= 0.6 is 0 Å². The van der Waals surface area contributed by atoms with Gasteiger partial charge in [0.25, 0.3) is 0 Å². The van der Waals surface area contributed by atoms with Crippen molar-refractivity contribution in [2.24, 2.45) is 5.92 Å². The molecule has 0 radical (unpaired) electrons. The van der Waals surface area contributed by atoms with Gasteiger partial charge < -0.3 is 4.74 Å². The molecule has 0 amide bonds. The topological polar surface area (TPSA) is 9.23 Å². The van der Waals surface area contributed by atoms with E-state index in [0.29, 0.717) is 18.1 Å². The van der Waals surface area contributed by atoms with Crippen LogP contribution in [0.15, 0.2) is 54.6 Å². The Morgan fingerprint density at radius 2 is 1.36 bits per heavy atom. The molecule has 0 N–H and O–H groups in total. The predicted octanol–water partition coefficient (Wildman–Crippen LogP) is 8.33. The van der Waals surface area contributed by atoms with Crippen molar-refractivity contribution in [1.82, 2.24) is 0 Å². The predicted molar refractivity (Wildman–Crippen MR) is 113 cm³/mol. The second-order valence-electron chi connectivity index (χ2n) is 8.58. The summed E-state index contributed by atoms with van der Waals surface area (Å²) in [5.41, 5.74) is -1.08. The molecular weight excluding hydrogens is 442 g/mol. The highest BCUT2D eigenvalue weighted by Crippen LogP contribution is 2.39. The van der Waals surface area contributed by atoms with Gasteiger partial charge >= 0.3 is 6.11 Å². The molecule has 1 saturated carbocycles. The molecule has 0 bridgehead atoms. The summed E-state index contributed by atoms with van der Waals surface area (Å²) in [5.74, 6) is -4.12. The Morgan fingerprint density at radius 1 is 0.758 bits per heavy atom. The summed E-state index contributed by atoms with van der Waals surface area (Å²) in [4.78, 5) is 0. The number of alkyl halides is 2. The molecule has 0 aromatic heterocycles. The van der Waals surface area contributed by atoms with Crippen LogP contribution < -0.4 is 4.74 Å². The Labute approximate surface area is 188 Å².